The first-order valence-corrected chi connectivity index (χ1v) is 8.30. The van der Waals surface area contributed by atoms with Crippen molar-refractivity contribution in [2.24, 2.45) is 11.3 Å². The molecular formula is C17H36N2. The van der Waals surface area contributed by atoms with Crippen LogP contribution >= 0.6 is 0 Å². The van der Waals surface area contributed by atoms with Gasteiger partial charge >= 0.3 is 0 Å². The highest BCUT2D eigenvalue weighted by Gasteiger charge is 2.27. The lowest BCUT2D eigenvalue weighted by Crippen LogP contribution is -2.45. The molecule has 0 bridgehead atoms. The number of hydrogen-bond acceptors (Lipinski definition) is 2. The summed E-state index contributed by atoms with van der Waals surface area (Å²) in [5.74, 6) is 0.881. The third-order valence-electron chi connectivity index (χ3n) is 4.90. The highest BCUT2D eigenvalue weighted by molar-refractivity contribution is 4.84. The lowest BCUT2D eigenvalue weighted by atomic mass is 9.83. The standard InChI is InChI=1S/C17H36N2/c1-7-18-16(17(3,4)5)12-13-19(6)15-11-9-8-10-14(15)2/h14-16,18H,7-13H2,1-6H3. The molecule has 0 amide bonds. The van der Waals surface area contributed by atoms with E-state index in [1.165, 1.54) is 38.6 Å². The predicted molar refractivity (Wildman–Crippen MR) is 85.6 cm³/mol. The fourth-order valence-electron chi connectivity index (χ4n) is 3.54. The molecule has 3 unspecified atom stereocenters. The van der Waals surface area contributed by atoms with E-state index in [1.54, 1.807) is 0 Å². The van der Waals surface area contributed by atoms with Crippen molar-refractivity contribution < 1.29 is 0 Å². The Bertz CT molecular complexity index is 244. The minimum absolute atomic E-state index is 0.356. The molecule has 0 aromatic heterocycles. The van der Waals surface area contributed by atoms with Gasteiger partial charge in [0.1, 0.15) is 0 Å². The Morgan fingerprint density at radius 3 is 2.37 bits per heavy atom. The molecule has 1 aliphatic rings. The Balaban J connectivity index is 2.44. The largest absolute Gasteiger partial charge is 0.314 e. The number of nitrogens with zero attached hydrogens (tertiary/aromatic N) is 1. The van der Waals surface area contributed by atoms with Crippen LogP contribution < -0.4 is 5.32 Å². The van der Waals surface area contributed by atoms with E-state index in [0.29, 0.717) is 11.5 Å². The molecule has 114 valence electrons. The Hall–Kier alpha value is -0.0800. The van der Waals surface area contributed by atoms with Crippen LogP contribution in [0.2, 0.25) is 0 Å². The third-order valence-corrected chi connectivity index (χ3v) is 4.90. The van der Waals surface area contributed by atoms with Crippen LogP contribution in [0.15, 0.2) is 0 Å². The number of hydrogen-bond donors (Lipinski definition) is 1. The van der Waals surface area contributed by atoms with Gasteiger partial charge in [-0.1, -0.05) is 47.5 Å². The summed E-state index contributed by atoms with van der Waals surface area (Å²) < 4.78 is 0. The highest BCUT2D eigenvalue weighted by Crippen LogP contribution is 2.28. The second kappa shape index (κ2) is 7.64. The Morgan fingerprint density at radius 1 is 1.21 bits per heavy atom. The zero-order valence-electron chi connectivity index (χ0n) is 14.1. The molecule has 19 heavy (non-hydrogen) atoms. The van der Waals surface area contributed by atoms with E-state index < -0.39 is 0 Å². The molecule has 0 spiro atoms. The first-order chi connectivity index (χ1) is 8.86. The Kier molecular flexibility index (Phi) is 6.82. The van der Waals surface area contributed by atoms with E-state index in [9.17, 15) is 0 Å². The van der Waals surface area contributed by atoms with E-state index >= 15 is 0 Å². The van der Waals surface area contributed by atoms with Crippen LogP contribution in [0.3, 0.4) is 0 Å². The molecule has 0 aromatic carbocycles. The van der Waals surface area contributed by atoms with Gasteiger partial charge in [-0.05, 0) is 50.7 Å². The van der Waals surface area contributed by atoms with E-state index in [1.807, 2.05) is 0 Å². The zero-order chi connectivity index (χ0) is 14.5. The second-order valence-corrected chi connectivity index (χ2v) is 7.57. The summed E-state index contributed by atoms with van der Waals surface area (Å²) in [4.78, 5) is 2.62. The number of rotatable bonds is 6. The minimum Gasteiger partial charge on any atom is -0.314 e. The van der Waals surface area contributed by atoms with Crippen molar-refractivity contribution in [1.82, 2.24) is 10.2 Å². The SMILES string of the molecule is CCNC(CCN(C)C1CCCCC1C)C(C)(C)C. The fourth-order valence-corrected chi connectivity index (χ4v) is 3.54. The van der Waals surface area contributed by atoms with Gasteiger partial charge in [-0.25, -0.2) is 0 Å². The van der Waals surface area contributed by atoms with Crippen molar-refractivity contribution in [3.05, 3.63) is 0 Å². The summed E-state index contributed by atoms with van der Waals surface area (Å²) in [6, 6.07) is 1.44. The highest BCUT2D eigenvalue weighted by atomic mass is 15.1. The van der Waals surface area contributed by atoms with Crippen LogP contribution in [0.4, 0.5) is 0 Å². The van der Waals surface area contributed by atoms with Gasteiger partial charge in [0, 0.05) is 12.1 Å². The summed E-state index contributed by atoms with van der Waals surface area (Å²) in [7, 11) is 2.33. The molecule has 1 aliphatic carbocycles. The van der Waals surface area contributed by atoms with Gasteiger partial charge in [0.25, 0.3) is 0 Å². The molecular weight excluding hydrogens is 232 g/mol. The topological polar surface area (TPSA) is 15.3 Å². The van der Waals surface area contributed by atoms with Crippen LogP contribution in [-0.4, -0.2) is 37.1 Å². The molecule has 3 atom stereocenters. The van der Waals surface area contributed by atoms with Gasteiger partial charge in [-0.3, -0.25) is 0 Å². The molecule has 0 aliphatic heterocycles. The summed E-state index contributed by atoms with van der Waals surface area (Å²) >= 11 is 0. The average molecular weight is 268 g/mol. The molecule has 0 radical (unpaired) electrons. The lowest BCUT2D eigenvalue weighted by Gasteiger charge is -2.38. The molecule has 1 N–H and O–H groups in total. The summed E-state index contributed by atoms with van der Waals surface area (Å²) in [5.41, 5.74) is 0.356. The van der Waals surface area contributed by atoms with Crippen LogP contribution in [0, 0.1) is 11.3 Å². The lowest BCUT2D eigenvalue weighted by molar-refractivity contribution is 0.125. The van der Waals surface area contributed by atoms with E-state index in [2.05, 4.69) is 51.9 Å². The van der Waals surface area contributed by atoms with E-state index in [4.69, 9.17) is 0 Å². The normalized spacial score (nSPS) is 26.7. The monoisotopic (exact) mass is 268 g/mol. The molecule has 0 aromatic rings. The quantitative estimate of drug-likeness (QED) is 0.785. The van der Waals surface area contributed by atoms with Gasteiger partial charge < -0.3 is 10.2 Å². The maximum absolute atomic E-state index is 3.67. The van der Waals surface area contributed by atoms with Crippen molar-refractivity contribution in [1.29, 1.82) is 0 Å². The zero-order valence-corrected chi connectivity index (χ0v) is 14.1. The molecule has 1 saturated carbocycles. The molecule has 2 heteroatoms. The number of nitrogens with one attached hydrogen (secondary N) is 1. The summed E-state index contributed by atoms with van der Waals surface area (Å²) in [6.07, 6.45) is 6.95. The molecule has 0 saturated heterocycles. The summed E-state index contributed by atoms with van der Waals surface area (Å²) in [5, 5.41) is 3.67. The van der Waals surface area contributed by atoms with E-state index in [0.717, 1.165) is 18.5 Å². The van der Waals surface area contributed by atoms with Gasteiger partial charge in [-0.2, -0.15) is 0 Å². The van der Waals surface area contributed by atoms with Crippen molar-refractivity contribution >= 4 is 0 Å². The third kappa shape index (κ3) is 5.43. The predicted octanol–water partition coefficient (Wildman–Crippen LogP) is 3.91. The van der Waals surface area contributed by atoms with Crippen molar-refractivity contribution in [3.63, 3.8) is 0 Å². The first-order valence-electron chi connectivity index (χ1n) is 8.30. The van der Waals surface area contributed by atoms with Crippen molar-refractivity contribution in [2.45, 2.75) is 78.8 Å². The van der Waals surface area contributed by atoms with Crippen LogP contribution in [-0.2, 0) is 0 Å². The van der Waals surface area contributed by atoms with Gasteiger partial charge in [-0.15, -0.1) is 0 Å². The van der Waals surface area contributed by atoms with Gasteiger partial charge in [0.2, 0.25) is 0 Å². The van der Waals surface area contributed by atoms with Gasteiger partial charge in [0.05, 0.1) is 0 Å². The maximum Gasteiger partial charge on any atom is 0.0128 e. The smallest absolute Gasteiger partial charge is 0.0128 e. The summed E-state index contributed by atoms with van der Waals surface area (Å²) in [6.45, 7) is 14.0. The Labute approximate surface area is 121 Å². The van der Waals surface area contributed by atoms with Crippen LogP contribution in [0.25, 0.3) is 0 Å². The van der Waals surface area contributed by atoms with Crippen LogP contribution in [0.5, 0.6) is 0 Å². The molecule has 2 nitrogen and oxygen atoms in total. The molecule has 0 heterocycles. The maximum atomic E-state index is 3.67. The van der Waals surface area contributed by atoms with E-state index in [-0.39, 0.29) is 0 Å². The van der Waals surface area contributed by atoms with Crippen molar-refractivity contribution in [3.8, 4) is 0 Å². The van der Waals surface area contributed by atoms with Crippen molar-refractivity contribution in [2.75, 3.05) is 20.1 Å². The molecule has 1 fully saturated rings. The first kappa shape index (κ1) is 17.0. The molecule has 1 rings (SSSR count). The minimum atomic E-state index is 0.356. The van der Waals surface area contributed by atoms with Gasteiger partial charge in [0.15, 0.2) is 0 Å². The second-order valence-electron chi connectivity index (χ2n) is 7.57. The van der Waals surface area contributed by atoms with Crippen LogP contribution in [0.1, 0.15) is 66.7 Å². The average Bonchev–Trinajstić information content (AvgIpc) is 2.33. The fraction of sp³-hybridized carbons (Fsp3) is 1.00. The Morgan fingerprint density at radius 2 is 1.84 bits per heavy atom.